The minimum Gasteiger partial charge on any atom is -0.506 e. The Balaban J connectivity index is 3.13. The maximum atomic E-state index is 9.65. The lowest BCUT2D eigenvalue weighted by Crippen LogP contribution is -1.95. The molecule has 0 amide bonds. The number of alkyl halides is 1. The topological polar surface area (TPSA) is 33.1 Å². The Kier molecular flexibility index (Phi) is 3.88. The molecule has 0 fully saturated rings. The van der Waals surface area contributed by atoms with Crippen LogP contribution in [-0.2, 0) is 11.6 Å². The van der Waals surface area contributed by atoms with Crippen molar-refractivity contribution < 1.29 is 5.11 Å². The molecule has 72 valence electrons. The zero-order valence-corrected chi connectivity index (χ0v) is 9.24. The van der Waals surface area contributed by atoms with Gasteiger partial charge in [-0.2, -0.15) is 11.8 Å². The van der Waals surface area contributed by atoms with E-state index >= 15 is 0 Å². The molecule has 0 radical (unpaired) electrons. The largest absolute Gasteiger partial charge is 0.506 e. The number of rotatable bonds is 3. The molecule has 0 aromatic carbocycles. The summed E-state index contributed by atoms with van der Waals surface area (Å²) in [6.45, 7) is 1.77. The van der Waals surface area contributed by atoms with Gasteiger partial charge in [0.25, 0.3) is 0 Å². The molecule has 1 aromatic heterocycles. The van der Waals surface area contributed by atoms with E-state index in [1.54, 1.807) is 24.9 Å². The fourth-order valence-corrected chi connectivity index (χ4v) is 1.97. The maximum absolute atomic E-state index is 9.65. The first-order valence-electron chi connectivity index (χ1n) is 3.92. The van der Waals surface area contributed by atoms with E-state index in [-0.39, 0.29) is 5.75 Å². The minimum atomic E-state index is 0.238. The lowest BCUT2D eigenvalue weighted by Gasteiger charge is -2.08. The number of hydrogen-bond donors (Lipinski definition) is 1. The van der Waals surface area contributed by atoms with Crippen LogP contribution in [0.15, 0.2) is 6.20 Å². The Labute approximate surface area is 87.3 Å². The second-order valence-electron chi connectivity index (χ2n) is 2.76. The molecule has 0 atom stereocenters. The summed E-state index contributed by atoms with van der Waals surface area (Å²) in [4.78, 5) is 4.08. The van der Waals surface area contributed by atoms with Gasteiger partial charge in [-0.1, -0.05) is 0 Å². The lowest BCUT2D eigenvalue weighted by atomic mass is 10.1. The van der Waals surface area contributed by atoms with Crippen LogP contribution < -0.4 is 0 Å². The van der Waals surface area contributed by atoms with Crippen molar-refractivity contribution in [2.75, 3.05) is 6.26 Å². The molecule has 4 heteroatoms. The predicted molar refractivity (Wildman–Crippen MR) is 57.4 cm³/mol. The van der Waals surface area contributed by atoms with E-state index in [9.17, 15) is 5.11 Å². The van der Waals surface area contributed by atoms with Crippen molar-refractivity contribution in [1.82, 2.24) is 4.98 Å². The molecular formula is C9H12ClNOS. The average molecular weight is 218 g/mol. The van der Waals surface area contributed by atoms with E-state index < -0.39 is 0 Å². The van der Waals surface area contributed by atoms with Gasteiger partial charge >= 0.3 is 0 Å². The Morgan fingerprint density at radius 2 is 2.31 bits per heavy atom. The normalized spacial score (nSPS) is 10.4. The number of aromatic nitrogens is 1. The molecule has 2 nitrogen and oxygen atoms in total. The van der Waals surface area contributed by atoms with Crippen LogP contribution in [0.1, 0.15) is 16.8 Å². The first-order chi connectivity index (χ1) is 6.20. The van der Waals surface area contributed by atoms with Gasteiger partial charge in [0.2, 0.25) is 0 Å². The van der Waals surface area contributed by atoms with Crippen molar-refractivity contribution in [2.45, 2.75) is 18.6 Å². The zero-order valence-electron chi connectivity index (χ0n) is 7.67. The quantitative estimate of drug-likeness (QED) is 0.791. The van der Waals surface area contributed by atoms with Crippen LogP contribution in [0.3, 0.4) is 0 Å². The Hall–Kier alpha value is -0.410. The Morgan fingerprint density at radius 3 is 2.85 bits per heavy atom. The summed E-state index contributed by atoms with van der Waals surface area (Å²) < 4.78 is 0. The fourth-order valence-electron chi connectivity index (χ4n) is 1.11. The van der Waals surface area contributed by atoms with E-state index in [0.29, 0.717) is 11.6 Å². The van der Waals surface area contributed by atoms with E-state index in [2.05, 4.69) is 4.98 Å². The van der Waals surface area contributed by atoms with Crippen LogP contribution in [0, 0.1) is 6.92 Å². The lowest BCUT2D eigenvalue weighted by molar-refractivity contribution is 0.462. The summed E-state index contributed by atoms with van der Waals surface area (Å²) in [5, 5.41) is 9.65. The van der Waals surface area contributed by atoms with Crippen molar-refractivity contribution in [2.24, 2.45) is 0 Å². The van der Waals surface area contributed by atoms with Crippen LogP contribution in [-0.4, -0.2) is 16.3 Å². The molecule has 0 saturated heterocycles. The number of aromatic hydroxyl groups is 1. The Morgan fingerprint density at radius 1 is 1.62 bits per heavy atom. The number of hydrogen-bond acceptors (Lipinski definition) is 3. The summed E-state index contributed by atoms with van der Waals surface area (Å²) >= 11 is 7.44. The van der Waals surface area contributed by atoms with Crippen LogP contribution in [0.4, 0.5) is 0 Å². The van der Waals surface area contributed by atoms with Crippen molar-refractivity contribution in [3.05, 3.63) is 23.0 Å². The van der Waals surface area contributed by atoms with Gasteiger partial charge in [0.1, 0.15) is 5.75 Å². The molecule has 0 unspecified atom stereocenters. The molecule has 0 aliphatic heterocycles. The molecule has 0 saturated carbocycles. The number of thioether (sulfide) groups is 1. The first-order valence-corrected chi connectivity index (χ1v) is 5.84. The van der Waals surface area contributed by atoms with Gasteiger partial charge in [0, 0.05) is 17.5 Å². The Bertz CT molecular complexity index is 304. The second-order valence-corrected chi connectivity index (χ2v) is 3.90. The van der Waals surface area contributed by atoms with Crippen LogP contribution >= 0.6 is 23.4 Å². The van der Waals surface area contributed by atoms with Crippen LogP contribution in [0.25, 0.3) is 0 Å². The predicted octanol–water partition coefficient (Wildman–Crippen LogP) is 2.70. The van der Waals surface area contributed by atoms with Gasteiger partial charge in [-0.25, -0.2) is 0 Å². The van der Waals surface area contributed by atoms with E-state index in [0.717, 1.165) is 16.9 Å². The summed E-state index contributed by atoms with van der Waals surface area (Å²) in [6, 6.07) is 0. The number of halogens is 1. The highest BCUT2D eigenvalue weighted by Crippen LogP contribution is 2.27. The summed E-state index contributed by atoms with van der Waals surface area (Å²) in [6.07, 6.45) is 3.79. The fraction of sp³-hybridized carbons (Fsp3) is 0.444. The van der Waals surface area contributed by atoms with E-state index in [1.165, 1.54) is 0 Å². The molecule has 1 aromatic rings. The molecule has 0 aliphatic carbocycles. The standard InChI is InChI=1S/C9H12ClNOS/c1-6-9(12)8(3-10)7(4-11-6)5-13-2/h4,12H,3,5H2,1-2H3. The van der Waals surface area contributed by atoms with Crippen LogP contribution in [0.2, 0.25) is 0 Å². The van der Waals surface area contributed by atoms with E-state index in [4.69, 9.17) is 11.6 Å². The zero-order chi connectivity index (χ0) is 9.84. The van der Waals surface area contributed by atoms with Crippen molar-refractivity contribution >= 4 is 23.4 Å². The highest BCUT2D eigenvalue weighted by Gasteiger charge is 2.09. The SMILES string of the molecule is CSCc1cnc(C)c(O)c1CCl. The van der Waals surface area contributed by atoms with Gasteiger partial charge in [-0.3, -0.25) is 4.98 Å². The molecule has 1 heterocycles. The van der Waals surface area contributed by atoms with Crippen molar-refractivity contribution in [1.29, 1.82) is 0 Å². The number of aryl methyl sites for hydroxylation is 1. The van der Waals surface area contributed by atoms with Gasteiger partial charge in [0.15, 0.2) is 0 Å². The second kappa shape index (κ2) is 4.72. The molecule has 0 bridgehead atoms. The third kappa shape index (κ3) is 2.29. The number of pyridine rings is 1. The molecule has 13 heavy (non-hydrogen) atoms. The third-order valence-corrected chi connectivity index (χ3v) is 2.73. The van der Waals surface area contributed by atoms with Gasteiger partial charge < -0.3 is 5.11 Å². The van der Waals surface area contributed by atoms with Gasteiger partial charge in [-0.05, 0) is 18.7 Å². The van der Waals surface area contributed by atoms with Gasteiger partial charge in [-0.15, -0.1) is 11.6 Å². The molecule has 1 rings (SSSR count). The smallest absolute Gasteiger partial charge is 0.141 e. The van der Waals surface area contributed by atoms with Gasteiger partial charge in [0.05, 0.1) is 11.6 Å². The highest BCUT2D eigenvalue weighted by molar-refractivity contribution is 7.97. The molecule has 1 N–H and O–H groups in total. The van der Waals surface area contributed by atoms with Crippen molar-refractivity contribution in [3.8, 4) is 5.75 Å². The summed E-state index contributed by atoms with van der Waals surface area (Å²) in [5.41, 5.74) is 2.47. The minimum absolute atomic E-state index is 0.238. The van der Waals surface area contributed by atoms with Crippen molar-refractivity contribution in [3.63, 3.8) is 0 Å². The monoisotopic (exact) mass is 217 g/mol. The van der Waals surface area contributed by atoms with E-state index in [1.807, 2.05) is 6.26 Å². The molecule has 0 spiro atoms. The third-order valence-electron chi connectivity index (χ3n) is 1.86. The maximum Gasteiger partial charge on any atom is 0.141 e. The summed E-state index contributed by atoms with van der Waals surface area (Å²) in [7, 11) is 0. The molecular weight excluding hydrogens is 206 g/mol. The molecule has 0 aliphatic rings. The number of nitrogens with zero attached hydrogens (tertiary/aromatic N) is 1. The highest BCUT2D eigenvalue weighted by atomic mass is 35.5. The first kappa shape index (κ1) is 10.7. The average Bonchev–Trinajstić information content (AvgIpc) is 2.12. The summed E-state index contributed by atoms with van der Waals surface area (Å²) in [5.74, 6) is 1.41. The van der Waals surface area contributed by atoms with Crippen LogP contribution in [0.5, 0.6) is 5.75 Å².